The largest absolute Gasteiger partial charge is 0.416 e. The monoisotopic (exact) mass is 347 g/mol. The third-order valence-corrected chi connectivity index (χ3v) is 2.37. The van der Waals surface area contributed by atoms with Gasteiger partial charge in [0.05, 0.1) is 17.2 Å². The summed E-state index contributed by atoms with van der Waals surface area (Å²) in [7, 11) is 0. The molecular formula is C10H7ClF9N. The minimum Gasteiger partial charge on any atom is -0.319 e. The zero-order valence-corrected chi connectivity index (χ0v) is 10.5. The van der Waals surface area contributed by atoms with Crippen LogP contribution in [-0.4, -0.2) is 6.43 Å². The number of halogens is 10. The van der Waals surface area contributed by atoms with Gasteiger partial charge in [-0.2, -0.15) is 26.3 Å². The van der Waals surface area contributed by atoms with Crippen LogP contribution in [0, 0.1) is 5.82 Å². The van der Waals surface area contributed by atoms with E-state index in [9.17, 15) is 39.5 Å². The van der Waals surface area contributed by atoms with Gasteiger partial charge in [0.15, 0.2) is 0 Å². The van der Waals surface area contributed by atoms with Crippen molar-refractivity contribution in [2.24, 2.45) is 5.73 Å². The molecule has 1 nitrogen and oxygen atoms in total. The molecule has 1 rings (SSSR count). The van der Waals surface area contributed by atoms with E-state index in [2.05, 4.69) is 0 Å². The number of hydrogen-bond acceptors (Lipinski definition) is 1. The molecule has 1 aromatic rings. The van der Waals surface area contributed by atoms with Crippen molar-refractivity contribution in [2.45, 2.75) is 24.8 Å². The van der Waals surface area contributed by atoms with Crippen molar-refractivity contribution in [1.82, 2.24) is 0 Å². The van der Waals surface area contributed by atoms with Crippen molar-refractivity contribution in [3.05, 3.63) is 34.6 Å². The van der Waals surface area contributed by atoms with Crippen molar-refractivity contribution in [2.75, 3.05) is 0 Å². The van der Waals surface area contributed by atoms with Crippen LogP contribution in [-0.2, 0) is 12.4 Å². The Kier molecular flexibility index (Phi) is 5.96. The second kappa shape index (κ2) is 6.30. The Morgan fingerprint density at radius 3 is 1.71 bits per heavy atom. The fraction of sp³-hybridized carbons (Fsp3) is 0.400. The summed E-state index contributed by atoms with van der Waals surface area (Å²) < 4.78 is 113. The first-order valence-corrected chi connectivity index (χ1v) is 4.87. The SMILES string of the molecule is Cl.N[C@@H](c1c(F)cc(C(F)(F)F)cc1C(F)(F)F)C(F)F. The van der Waals surface area contributed by atoms with E-state index in [4.69, 9.17) is 5.73 Å². The Balaban J connectivity index is 0.00000400. The molecule has 0 aliphatic rings. The number of alkyl halides is 8. The maximum absolute atomic E-state index is 13.4. The van der Waals surface area contributed by atoms with Gasteiger partial charge in [-0.1, -0.05) is 0 Å². The van der Waals surface area contributed by atoms with Crippen molar-refractivity contribution in [3.8, 4) is 0 Å². The molecule has 0 amide bonds. The molecular weight excluding hydrogens is 341 g/mol. The van der Waals surface area contributed by atoms with E-state index >= 15 is 0 Å². The molecule has 0 saturated heterocycles. The summed E-state index contributed by atoms with van der Waals surface area (Å²) in [5, 5.41) is 0. The van der Waals surface area contributed by atoms with Gasteiger partial charge in [0.25, 0.3) is 6.43 Å². The molecule has 122 valence electrons. The fourth-order valence-corrected chi connectivity index (χ4v) is 1.48. The zero-order valence-electron chi connectivity index (χ0n) is 9.70. The molecule has 0 spiro atoms. The van der Waals surface area contributed by atoms with Gasteiger partial charge in [0.2, 0.25) is 0 Å². The van der Waals surface area contributed by atoms with Gasteiger partial charge in [-0.15, -0.1) is 12.4 Å². The Morgan fingerprint density at radius 1 is 0.905 bits per heavy atom. The Bertz CT molecular complexity index is 495. The summed E-state index contributed by atoms with van der Waals surface area (Å²) in [5.41, 5.74) is -1.08. The summed E-state index contributed by atoms with van der Waals surface area (Å²) in [6.07, 6.45) is -14.3. The van der Waals surface area contributed by atoms with Crippen LogP contribution in [0.25, 0.3) is 0 Å². The van der Waals surface area contributed by atoms with Crippen LogP contribution >= 0.6 is 12.4 Å². The molecule has 21 heavy (non-hydrogen) atoms. The fourth-order valence-electron chi connectivity index (χ4n) is 1.48. The lowest BCUT2D eigenvalue weighted by atomic mass is 9.97. The molecule has 0 bridgehead atoms. The molecule has 0 aliphatic carbocycles. The van der Waals surface area contributed by atoms with Crippen molar-refractivity contribution in [3.63, 3.8) is 0 Å². The Labute approximate surface area is 118 Å². The second-order valence-electron chi connectivity index (χ2n) is 3.78. The molecule has 11 heteroatoms. The first-order chi connectivity index (χ1) is 8.85. The predicted octanol–water partition coefficient (Wildman–Crippen LogP) is 4.55. The number of benzene rings is 1. The van der Waals surface area contributed by atoms with Gasteiger partial charge in [-0.05, 0) is 12.1 Å². The van der Waals surface area contributed by atoms with E-state index in [1.165, 1.54) is 0 Å². The van der Waals surface area contributed by atoms with Crippen molar-refractivity contribution in [1.29, 1.82) is 0 Å². The molecule has 1 atom stereocenters. The lowest BCUT2D eigenvalue weighted by Gasteiger charge is -2.20. The highest BCUT2D eigenvalue weighted by atomic mass is 35.5. The van der Waals surface area contributed by atoms with Crippen molar-refractivity contribution < 1.29 is 39.5 Å². The molecule has 0 radical (unpaired) electrons. The molecule has 0 saturated carbocycles. The summed E-state index contributed by atoms with van der Waals surface area (Å²) in [6, 6.07) is -3.43. The average Bonchev–Trinajstić information content (AvgIpc) is 2.24. The minimum atomic E-state index is -5.45. The number of rotatable bonds is 2. The van der Waals surface area contributed by atoms with Gasteiger partial charge < -0.3 is 5.73 Å². The standard InChI is InChI=1S/C10H6F9N.ClH/c11-5-2-3(9(14,15)16)1-4(10(17,18)19)6(5)7(20)8(12)13;/h1-2,7-8H,20H2;1H/t7-;/m0./s1. The van der Waals surface area contributed by atoms with Gasteiger partial charge >= 0.3 is 12.4 Å². The lowest BCUT2D eigenvalue weighted by molar-refractivity contribution is -0.144. The summed E-state index contributed by atoms with van der Waals surface area (Å²) in [4.78, 5) is 0. The quantitative estimate of drug-likeness (QED) is 0.780. The average molecular weight is 348 g/mol. The van der Waals surface area contributed by atoms with Crippen LogP contribution in [0.15, 0.2) is 12.1 Å². The van der Waals surface area contributed by atoms with Crippen LogP contribution < -0.4 is 5.73 Å². The summed E-state index contributed by atoms with van der Waals surface area (Å²) in [6.45, 7) is 0. The van der Waals surface area contributed by atoms with E-state index in [1.807, 2.05) is 0 Å². The van der Waals surface area contributed by atoms with Crippen LogP contribution in [0.3, 0.4) is 0 Å². The molecule has 0 heterocycles. The highest BCUT2D eigenvalue weighted by Gasteiger charge is 2.42. The van der Waals surface area contributed by atoms with Gasteiger partial charge in [-0.25, -0.2) is 13.2 Å². The summed E-state index contributed by atoms with van der Waals surface area (Å²) >= 11 is 0. The lowest BCUT2D eigenvalue weighted by Crippen LogP contribution is -2.25. The first kappa shape index (κ1) is 19.8. The van der Waals surface area contributed by atoms with Crippen LogP contribution in [0.4, 0.5) is 39.5 Å². The van der Waals surface area contributed by atoms with Gasteiger partial charge in [0, 0.05) is 5.56 Å². The van der Waals surface area contributed by atoms with Crippen molar-refractivity contribution >= 4 is 12.4 Å². The topological polar surface area (TPSA) is 26.0 Å². The van der Waals surface area contributed by atoms with E-state index in [0.29, 0.717) is 0 Å². The van der Waals surface area contributed by atoms with Gasteiger partial charge in [-0.3, -0.25) is 0 Å². The predicted molar refractivity (Wildman–Crippen MR) is 56.6 cm³/mol. The zero-order chi connectivity index (χ0) is 15.9. The first-order valence-electron chi connectivity index (χ1n) is 4.87. The third kappa shape index (κ3) is 4.40. The second-order valence-corrected chi connectivity index (χ2v) is 3.78. The maximum atomic E-state index is 13.4. The minimum absolute atomic E-state index is 0. The van der Waals surface area contributed by atoms with E-state index < -0.39 is 53.4 Å². The van der Waals surface area contributed by atoms with E-state index in [-0.39, 0.29) is 18.5 Å². The molecule has 0 unspecified atom stereocenters. The normalized spacial score (nSPS) is 14.0. The molecule has 0 fully saturated rings. The van der Waals surface area contributed by atoms with E-state index in [1.54, 1.807) is 0 Å². The summed E-state index contributed by atoms with van der Waals surface area (Å²) in [5.74, 6) is -2.08. The smallest absolute Gasteiger partial charge is 0.319 e. The Hall–Kier alpha value is -1.16. The van der Waals surface area contributed by atoms with Crippen LogP contribution in [0.2, 0.25) is 0 Å². The Morgan fingerprint density at radius 2 is 1.38 bits per heavy atom. The molecule has 0 aromatic heterocycles. The molecule has 2 N–H and O–H groups in total. The highest BCUT2D eigenvalue weighted by molar-refractivity contribution is 5.85. The molecule has 0 aliphatic heterocycles. The van der Waals surface area contributed by atoms with Crippen LogP contribution in [0.5, 0.6) is 0 Å². The highest BCUT2D eigenvalue weighted by Crippen LogP contribution is 2.40. The molecule has 1 aromatic carbocycles. The maximum Gasteiger partial charge on any atom is 0.416 e. The van der Waals surface area contributed by atoms with Crippen LogP contribution in [0.1, 0.15) is 22.7 Å². The van der Waals surface area contributed by atoms with E-state index in [0.717, 1.165) is 0 Å². The van der Waals surface area contributed by atoms with Gasteiger partial charge in [0.1, 0.15) is 5.82 Å². The third-order valence-electron chi connectivity index (χ3n) is 2.37. The number of hydrogen-bond donors (Lipinski definition) is 1. The number of nitrogens with two attached hydrogens (primary N) is 1.